The van der Waals surface area contributed by atoms with Crippen LogP contribution in [0.2, 0.25) is 0 Å². The number of hydrogen-bond donors (Lipinski definition) is 3. The zero-order chi connectivity index (χ0) is 17.6. The number of rotatable bonds is 13. The third-order valence-corrected chi connectivity index (χ3v) is 3.77. The van der Waals surface area contributed by atoms with Gasteiger partial charge >= 0.3 is 5.97 Å². The smallest absolute Gasteiger partial charge is 0.303 e. The molecular weight excluding hydrogens is 310 g/mol. The Kier molecular flexibility index (Phi) is 10.3. The highest BCUT2D eigenvalue weighted by Crippen LogP contribution is 2.14. The highest BCUT2D eigenvalue weighted by molar-refractivity contribution is 5.93. The Morgan fingerprint density at radius 2 is 1.42 bits per heavy atom. The van der Waals surface area contributed by atoms with E-state index in [1.54, 1.807) is 29.7 Å². The molecular formula is C18H27NO5. The first-order valence-electron chi connectivity index (χ1n) is 8.52. The molecule has 0 aliphatic carbocycles. The summed E-state index contributed by atoms with van der Waals surface area (Å²) in [5.41, 5.74) is 1.97. The number of carbonyl (C=O) groups excluding carboxylic acids is 1. The predicted octanol–water partition coefficient (Wildman–Crippen LogP) is 3.78. The summed E-state index contributed by atoms with van der Waals surface area (Å²) < 4.78 is 5.61. The number of hydrogen-bond acceptors (Lipinski definition) is 4. The van der Waals surface area contributed by atoms with E-state index in [0.29, 0.717) is 17.9 Å². The first kappa shape index (κ1) is 20.0. The van der Waals surface area contributed by atoms with E-state index in [9.17, 15) is 9.59 Å². The second-order valence-corrected chi connectivity index (χ2v) is 5.79. The van der Waals surface area contributed by atoms with Crippen LogP contribution in [0.5, 0.6) is 5.75 Å². The molecule has 0 aromatic heterocycles. The van der Waals surface area contributed by atoms with Gasteiger partial charge in [-0.3, -0.25) is 14.8 Å². The molecule has 6 nitrogen and oxygen atoms in total. The SMILES string of the molecule is O=C(O)CCCCCCCCCCOc1ccc(C(=O)NO)cc1. The summed E-state index contributed by atoms with van der Waals surface area (Å²) in [6.07, 6.45) is 8.77. The lowest BCUT2D eigenvalue weighted by Crippen LogP contribution is -2.18. The summed E-state index contributed by atoms with van der Waals surface area (Å²) in [6.45, 7) is 0.643. The van der Waals surface area contributed by atoms with Crippen LogP contribution in [-0.4, -0.2) is 28.8 Å². The Morgan fingerprint density at radius 3 is 1.96 bits per heavy atom. The zero-order valence-corrected chi connectivity index (χ0v) is 14.0. The quantitative estimate of drug-likeness (QED) is 0.289. The number of nitrogens with one attached hydrogen (secondary N) is 1. The second kappa shape index (κ2) is 12.4. The van der Waals surface area contributed by atoms with Crippen molar-refractivity contribution in [1.82, 2.24) is 5.48 Å². The van der Waals surface area contributed by atoms with Crippen molar-refractivity contribution in [2.24, 2.45) is 0 Å². The number of benzene rings is 1. The molecule has 134 valence electrons. The molecule has 0 heterocycles. The van der Waals surface area contributed by atoms with Crippen molar-refractivity contribution in [3.63, 3.8) is 0 Å². The number of hydroxylamine groups is 1. The van der Waals surface area contributed by atoms with E-state index < -0.39 is 11.9 Å². The molecule has 0 radical (unpaired) electrons. The Labute approximate surface area is 142 Å². The zero-order valence-electron chi connectivity index (χ0n) is 14.0. The Bertz CT molecular complexity index is 487. The summed E-state index contributed by atoms with van der Waals surface area (Å²) in [7, 11) is 0. The van der Waals surface area contributed by atoms with Gasteiger partial charge < -0.3 is 9.84 Å². The summed E-state index contributed by atoms with van der Waals surface area (Å²) in [4.78, 5) is 21.5. The third-order valence-electron chi connectivity index (χ3n) is 3.77. The van der Waals surface area contributed by atoms with Crippen LogP contribution in [0.3, 0.4) is 0 Å². The van der Waals surface area contributed by atoms with E-state index >= 15 is 0 Å². The number of carboxylic acids is 1. The third kappa shape index (κ3) is 9.15. The molecule has 0 aliphatic rings. The summed E-state index contributed by atoms with van der Waals surface area (Å²) in [6, 6.07) is 6.62. The molecule has 24 heavy (non-hydrogen) atoms. The maximum atomic E-state index is 11.2. The molecule has 0 bridgehead atoms. The molecule has 0 fully saturated rings. The van der Waals surface area contributed by atoms with Crippen LogP contribution in [0.4, 0.5) is 0 Å². The van der Waals surface area contributed by atoms with E-state index in [4.69, 9.17) is 15.1 Å². The highest BCUT2D eigenvalue weighted by atomic mass is 16.5. The van der Waals surface area contributed by atoms with Gasteiger partial charge in [-0.25, -0.2) is 5.48 Å². The van der Waals surface area contributed by atoms with Crippen LogP contribution in [0, 0.1) is 0 Å². The van der Waals surface area contributed by atoms with Crippen molar-refractivity contribution >= 4 is 11.9 Å². The first-order chi connectivity index (χ1) is 11.6. The van der Waals surface area contributed by atoms with Crippen LogP contribution < -0.4 is 10.2 Å². The van der Waals surface area contributed by atoms with Crippen LogP contribution in [-0.2, 0) is 4.79 Å². The van der Waals surface area contributed by atoms with E-state index in [1.165, 1.54) is 6.42 Å². The van der Waals surface area contributed by atoms with Crippen molar-refractivity contribution in [2.75, 3.05) is 6.61 Å². The fourth-order valence-corrected chi connectivity index (χ4v) is 2.40. The van der Waals surface area contributed by atoms with Crippen molar-refractivity contribution in [3.05, 3.63) is 29.8 Å². The molecule has 0 unspecified atom stereocenters. The number of carbonyl (C=O) groups is 2. The van der Waals surface area contributed by atoms with Gasteiger partial charge in [0.1, 0.15) is 5.75 Å². The lowest BCUT2D eigenvalue weighted by atomic mass is 10.1. The minimum Gasteiger partial charge on any atom is -0.494 e. The minimum atomic E-state index is -0.707. The lowest BCUT2D eigenvalue weighted by Gasteiger charge is -2.07. The summed E-state index contributed by atoms with van der Waals surface area (Å²) >= 11 is 0. The molecule has 1 aromatic rings. The second-order valence-electron chi connectivity index (χ2n) is 5.79. The molecule has 0 aliphatic heterocycles. The van der Waals surface area contributed by atoms with Crippen LogP contribution in [0.25, 0.3) is 0 Å². The molecule has 6 heteroatoms. The van der Waals surface area contributed by atoms with Gasteiger partial charge in [0.15, 0.2) is 0 Å². The maximum absolute atomic E-state index is 11.2. The predicted molar refractivity (Wildman–Crippen MR) is 90.4 cm³/mol. The van der Waals surface area contributed by atoms with E-state index in [2.05, 4.69) is 0 Å². The Morgan fingerprint density at radius 1 is 0.875 bits per heavy atom. The lowest BCUT2D eigenvalue weighted by molar-refractivity contribution is -0.137. The van der Waals surface area contributed by atoms with Crippen molar-refractivity contribution < 1.29 is 24.6 Å². The topological polar surface area (TPSA) is 95.9 Å². The largest absolute Gasteiger partial charge is 0.494 e. The summed E-state index contributed by atoms with van der Waals surface area (Å²) in [5.74, 6) is -0.534. The summed E-state index contributed by atoms with van der Waals surface area (Å²) in [5, 5.41) is 17.1. The van der Waals surface area contributed by atoms with Crippen molar-refractivity contribution in [2.45, 2.75) is 57.8 Å². The number of amides is 1. The highest BCUT2D eigenvalue weighted by Gasteiger charge is 2.03. The molecule has 1 amide bonds. The number of aliphatic carboxylic acids is 1. The fraction of sp³-hybridized carbons (Fsp3) is 0.556. The normalized spacial score (nSPS) is 10.4. The maximum Gasteiger partial charge on any atom is 0.303 e. The van der Waals surface area contributed by atoms with Gasteiger partial charge in [0.05, 0.1) is 6.61 Å². The number of ether oxygens (including phenoxy) is 1. The number of carboxylic acid groups (broad SMARTS) is 1. The van der Waals surface area contributed by atoms with Crippen molar-refractivity contribution in [3.8, 4) is 5.75 Å². The average molecular weight is 337 g/mol. The van der Waals surface area contributed by atoms with Gasteiger partial charge in [-0.05, 0) is 37.1 Å². The van der Waals surface area contributed by atoms with Gasteiger partial charge in [-0.2, -0.15) is 0 Å². The van der Waals surface area contributed by atoms with Gasteiger partial charge in [0, 0.05) is 12.0 Å². The van der Waals surface area contributed by atoms with E-state index in [1.807, 2.05) is 0 Å². The van der Waals surface area contributed by atoms with Gasteiger partial charge in [0.2, 0.25) is 0 Å². The molecule has 1 rings (SSSR count). The minimum absolute atomic E-state index is 0.281. The van der Waals surface area contributed by atoms with Crippen LogP contribution in [0.1, 0.15) is 68.1 Å². The molecule has 0 spiro atoms. The van der Waals surface area contributed by atoms with E-state index in [0.717, 1.165) is 44.9 Å². The van der Waals surface area contributed by atoms with E-state index in [-0.39, 0.29) is 6.42 Å². The Balaban J connectivity index is 1.97. The molecule has 0 atom stereocenters. The van der Waals surface area contributed by atoms with Crippen LogP contribution >= 0.6 is 0 Å². The molecule has 3 N–H and O–H groups in total. The molecule has 1 aromatic carbocycles. The average Bonchev–Trinajstić information content (AvgIpc) is 2.59. The van der Waals surface area contributed by atoms with Gasteiger partial charge in [-0.1, -0.05) is 38.5 Å². The number of unbranched alkanes of at least 4 members (excludes halogenated alkanes) is 7. The fourth-order valence-electron chi connectivity index (χ4n) is 2.40. The van der Waals surface area contributed by atoms with Gasteiger partial charge in [0.25, 0.3) is 5.91 Å². The standard InChI is InChI=1S/C18H27NO5/c20-17(21)9-7-5-3-1-2-4-6-8-14-24-16-12-10-15(11-13-16)18(22)19-23/h10-13,23H,1-9,14H2,(H,19,22)(H,20,21). The van der Waals surface area contributed by atoms with Crippen molar-refractivity contribution in [1.29, 1.82) is 0 Å². The Hall–Kier alpha value is -2.08. The first-order valence-corrected chi connectivity index (χ1v) is 8.52. The van der Waals surface area contributed by atoms with Gasteiger partial charge in [-0.15, -0.1) is 0 Å². The van der Waals surface area contributed by atoms with Crippen LogP contribution in [0.15, 0.2) is 24.3 Å². The molecule has 0 saturated carbocycles. The molecule has 0 saturated heterocycles. The monoisotopic (exact) mass is 337 g/mol.